The van der Waals surface area contributed by atoms with Crippen LogP contribution >= 0.6 is 11.6 Å². The molecular formula is C12H10ClN3O. The number of anilines is 1. The molecule has 1 aliphatic carbocycles. The lowest BCUT2D eigenvalue weighted by Gasteiger charge is -2.04. The number of rotatable bonds is 2. The normalized spacial score (nSPS) is 14.9. The van der Waals surface area contributed by atoms with E-state index < -0.39 is 0 Å². The van der Waals surface area contributed by atoms with E-state index in [2.05, 4.69) is 15.3 Å². The van der Waals surface area contributed by atoms with E-state index in [1.54, 1.807) is 12.1 Å². The Hall–Kier alpha value is -1.68. The molecule has 0 unspecified atom stereocenters. The Kier molecular flexibility index (Phi) is 2.44. The Labute approximate surface area is 103 Å². The number of aromatic nitrogens is 2. The maximum atomic E-state index is 11.6. The minimum Gasteiger partial charge on any atom is -0.310 e. The highest BCUT2D eigenvalue weighted by Crippen LogP contribution is 2.30. The molecule has 5 heteroatoms. The van der Waals surface area contributed by atoms with Crippen LogP contribution in [0.3, 0.4) is 0 Å². The highest BCUT2D eigenvalue weighted by molar-refractivity contribution is 6.29. The van der Waals surface area contributed by atoms with Crippen LogP contribution in [0, 0.1) is 5.92 Å². The maximum Gasteiger partial charge on any atom is 0.228 e. The molecule has 0 aromatic carbocycles. The van der Waals surface area contributed by atoms with Gasteiger partial charge in [-0.15, -0.1) is 0 Å². The SMILES string of the molecule is O=C(Nc1ccc2ccc(Cl)nc2n1)C1CC1. The second kappa shape index (κ2) is 3.96. The number of carbonyl (C=O) groups excluding carboxylic acids is 1. The molecule has 0 bridgehead atoms. The van der Waals surface area contributed by atoms with Gasteiger partial charge < -0.3 is 5.32 Å². The summed E-state index contributed by atoms with van der Waals surface area (Å²) in [4.78, 5) is 19.9. The van der Waals surface area contributed by atoms with Gasteiger partial charge in [0.15, 0.2) is 5.65 Å². The van der Waals surface area contributed by atoms with Gasteiger partial charge in [0.05, 0.1) is 0 Å². The molecule has 2 aromatic rings. The second-order valence-corrected chi connectivity index (χ2v) is 4.53. The van der Waals surface area contributed by atoms with Crippen molar-refractivity contribution in [2.45, 2.75) is 12.8 Å². The smallest absolute Gasteiger partial charge is 0.228 e. The number of carbonyl (C=O) groups is 1. The summed E-state index contributed by atoms with van der Waals surface area (Å²) in [7, 11) is 0. The van der Waals surface area contributed by atoms with Crippen LogP contribution in [-0.2, 0) is 4.79 Å². The first-order chi connectivity index (χ1) is 8.22. The third-order valence-electron chi connectivity index (χ3n) is 2.72. The van der Waals surface area contributed by atoms with Crippen LogP contribution in [0.1, 0.15) is 12.8 Å². The Morgan fingerprint density at radius 3 is 2.76 bits per heavy atom. The average Bonchev–Trinajstić information content (AvgIpc) is 3.12. The summed E-state index contributed by atoms with van der Waals surface area (Å²) in [5.41, 5.74) is 0.547. The summed E-state index contributed by atoms with van der Waals surface area (Å²) < 4.78 is 0. The predicted octanol–water partition coefficient (Wildman–Crippen LogP) is 2.63. The van der Waals surface area contributed by atoms with Crippen molar-refractivity contribution in [3.05, 3.63) is 29.4 Å². The topological polar surface area (TPSA) is 54.9 Å². The molecule has 1 fully saturated rings. The fourth-order valence-corrected chi connectivity index (χ4v) is 1.76. The zero-order chi connectivity index (χ0) is 11.8. The molecule has 1 saturated carbocycles. The van der Waals surface area contributed by atoms with Crippen LogP contribution < -0.4 is 5.32 Å². The maximum absolute atomic E-state index is 11.6. The van der Waals surface area contributed by atoms with Gasteiger partial charge in [0.2, 0.25) is 5.91 Å². The molecule has 3 rings (SSSR count). The molecular weight excluding hydrogens is 238 g/mol. The molecule has 1 amide bonds. The van der Waals surface area contributed by atoms with Gasteiger partial charge in [-0.05, 0) is 37.1 Å². The minimum atomic E-state index is 0.0406. The highest BCUT2D eigenvalue weighted by Gasteiger charge is 2.29. The van der Waals surface area contributed by atoms with Gasteiger partial charge in [-0.2, -0.15) is 0 Å². The molecule has 0 aliphatic heterocycles. The summed E-state index contributed by atoms with van der Waals surface area (Å²) in [5, 5.41) is 4.08. The Morgan fingerprint density at radius 1 is 1.24 bits per heavy atom. The molecule has 2 heterocycles. The second-order valence-electron chi connectivity index (χ2n) is 4.14. The minimum absolute atomic E-state index is 0.0406. The number of hydrogen-bond acceptors (Lipinski definition) is 3. The van der Waals surface area contributed by atoms with Gasteiger partial charge in [-0.3, -0.25) is 4.79 Å². The quantitative estimate of drug-likeness (QED) is 0.830. The molecule has 1 aliphatic rings. The third-order valence-corrected chi connectivity index (χ3v) is 2.93. The van der Waals surface area contributed by atoms with Crippen LogP contribution in [0.25, 0.3) is 11.0 Å². The Balaban J connectivity index is 1.92. The van der Waals surface area contributed by atoms with Crippen molar-refractivity contribution in [2.24, 2.45) is 5.92 Å². The van der Waals surface area contributed by atoms with E-state index in [1.165, 1.54) is 0 Å². The van der Waals surface area contributed by atoms with Crippen LogP contribution in [0.4, 0.5) is 5.82 Å². The van der Waals surface area contributed by atoms with Gasteiger partial charge in [0.25, 0.3) is 0 Å². The molecule has 0 saturated heterocycles. The molecule has 4 nitrogen and oxygen atoms in total. The highest BCUT2D eigenvalue weighted by atomic mass is 35.5. The Morgan fingerprint density at radius 2 is 2.00 bits per heavy atom. The first-order valence-electron chi connectivity index (χ1n) is 5.46. The van der Waals surface area contributed by atoms with Crippen molar-refractivity contribution in [1.82, 2.24) is 9.97 Å². The van der Waals surface area contributed by atoms with E-state index >= 15 is 0 Å². The van der Waals surface area contributed by atoms with Crippen LogP contribution in [-0.4, -0.2) is 15.9 Å². The summed E-state index contributed by atoms with van der Waals surface area (Å²) in [6, 6.07) is 7.21. The fraction of sp³-hybridized carbons (Fsp3) is 0.250. The number of nitrogens with zero attached hydrogens (tertiary/aromatic N) is 2. The number of amides is 1. The molecule has 17 heavy (non-hydrogen) atoms. The van der Waals surface area contributed by atoms with Crippen molar-refractivity contribution in [3.63, 3.8) is 0 Å². The standard InChI is InChI=1S/C12H10ClN3O/c13-9-5-3-7-4-6-10(15-11(7)14-9)16-12(17)8-1-2-8/h3-6,8H,1-2H2,(H,14,15,16,17). The van der Waals surface area contributed by atoms with Crippen molar-refractivity contribution in [3.8, 4) is 0 Å². The summed E-state index contributed by atoms with van der Waals surface area (Å²) in [5.74, 6) is 0.739. The number of pyridine rings is 2. The van der Waals surface area contributed by atoms with Crippen LogP contribution in [0.15, 0.2) is 24.3 Å². The van der Waals surface area contributed by atoms with E-state index in [1.807, 2.05) is 12.1 Å². The van der Waals surface area contributed by atoms with Crippen LogP contribution in [0.2, 0.25) is 5.15 Å². The van der Waals surface area contributed by atoms with E-state index in [0.29, 0.717) is 16.6 Å². The number of fused-ring (bicyclic) bond motifs is 1. The van der Waals surface area contributed by atoms with E-state index in [0.717, 1.165) is 18.2 Å². The van der Waals surface area contributed by atoms with Gasteiger partial charge in [-0.1, -0.05) is 11.6 Å². The number of nitrogens with one attached hydrogen (secondary N) is 1. The van der Waals surface area contributed by atoms with Crippen molar-refractivity contribution >= 4 is 34.4 Å². The van der Waals surface area contributed by atoms with Gasteiger partial charge in [0.1, 0.15) is 11.0 Å². The predicted molar refractivity (Wildman–Crippen MR) is 65.9 cm³/mol. The lowest BCUT2D eigenvalue weighted by atomic mass is 10.3. The first kappa shape index (κ1) is 10.5. The van der Waals surface area contributed by atoms with Gasteiger partial charge in [-0.25, -0.2) is 9.97 Å². The molecule has 0 atom stereocenters. The van der Waals surface area contributed by atoms with Crippen molar-refractivity contribution in [2.75, 3.05) is 5.32 Å². The van der Waals surface area contributed by atoms with Gasteiger partial charge >= 0.3 is 0 Å². The number of halogens is 1. The van der Waals surface area contributed by atoms with Crippen molar-refractivity contribution < 1.29 is 4.79 Å². The van der Waals surface area contributed by atoms with Gasteiger partial charge in [0, 0.05) is 11.3 Å². The monoisotopic (exact) mass is 247 g/mol. The summed E-state index contributed by atoms with van der Waals surface area (Å²) in [6.45, 7) is 0. The number of hydrogen-bond donors (Lipinski definition) is 1. The largest absolute Gasteiger partial charge is 0.310 e. The average molecular weight is 248 g/mol. The van der Waals surface area contributed by atoms with E-state index in [-0.39, 0.29) is 11.8 Å². The first-order valence-corrected chi connectivity index (χ1v) is 5.84. The van der Waals surface area contributed by atoms with Crippen LogP contribution in [0.5, 0.6) is 0 Å². The molecule has 86 valence electrons. The lowest BCUT2D eigenvalue weighted by molar-refractivity contribution is -0.117. The van der Waals surface area contributed by atoms with E-state index in [9.17, 15) is 4.79 Å². The fourth-order valence-electron chi connectivity index (χ4n) is 1.62. The molecule has 2 aromatic heterocycles. The summed E-state index contributed by atoms with van der Waals surface area (Å²) in [6.07, 6.45) is 1.95. The molecule has 0 radical (unpaired) electrons. The lowest BCUT2D eigenvalue weighted by Crippen LogP contribution is -2.14. The third kappa shape index (κ3) is 2.22. The molecule has 1 N–H and O–H groups in total. The zero-order valence-corrected chi connectivity index (χ0v) is 9.74. The van der Waals surface area contributed by atoms with Crippen molar-refractivity contribution in [1.29, 1.82) is 0 Å². The molecule has 0 spiro atoms. The Bertz CT molecular complexity index is 595. The summed E-state index contributed by atoms with van der Waals surface area (Å²) >= 11 is 5.80. The van der Waals surface area contributed by atoms with E-state index in [4.69, 9.17) is 11.6 Å². The zero-order valence-electron chi connectivity index (χ0n) is 8.98.